The minimum atomic E-state index is -0.892. The Morgan fingerprint density at radius 2 is 2.09 bits per heavy atom. The van der Waals surface area contributed by atoms with Crippen LogP contribution < -0.4 is 5.73 Å². The van der Waals surface area contributed by atoms with Crippen molar-refractivity contribution in [2.24, 2.45) is 0 Å². The molecule has 1 aromatic carbocycles. The summed E-state index contributed by atoms with van der Waals surface area (Å²) in [5.74, 6) is -0.892. The van der Waals surface area contributed by atoms with Crippen LogP contribution in [0, 0.1) is 0 Å². The van der Waals surface area contributed by atoms with Crippen LogP contribution in [0.25, 0.3) is 21.7 Å². The lowest BCUT2D eigenvalue weighted by Crippen LogP contribution is -2.16. The van der Waals surface area contributed by atoms with Crippen molar-refractivity contribution in [3.8, 4) is 21.7 Å². The van der Waals surface area contributed by atoms with Crippen molar-refractivity contribution in [3.05, 3.63) is 53.0 Å². The van der Waals surface area contributed by atoms with Crippen LogP contribution >= 0.6 is 11.3 Å². The molecule has 0 unspecified atom stereocenters. The molecule has 3 heterocycles. The number of nitrogens with zero attached hydrogens (tertiary/aromatic N) is 1. The summed E-state index contributed by atoms with van der Waals surface area (Å²) in [5.41, 5.74) is 11.2. The first-order chi connectivity index (χ1) is 10.6. The fourth-order valence-corrected chi connectivity index (χ4v) is 3.88. The van der Waals surface area contributed by atoms with Gasteiger partial charge in [-0.05, 0) is 41.6 Å². The number of nitrogen functional groups attached to an aromatic ring is 1. The number of fused-ring (bicyclic) bond motifs is 3. The Labute approximate surface area is 131 Å². The summed E-state index contributed by atoms with van der Waals surface area (Å²) >= 11 is 1.62. The van der Waals surface area contributed by atoms with Crippen LogP contribution in [0.2, 0.25) is 0 Å². The monoisotopic (exact) mass is 310 g/mol. The van der Waals surface area contributed by atoms with Crippen LogP contribution in [0.3, 0.4) is 0 Å². The van der Waals surface area contributed by atoms with E-state index in [1.807, 2.05) is 40.3 Å². The molecule has 5 heteroatoms. The fourth-order valence-electron chi connectivity index (χ4n) is 3.13. The molecule has 0 radical (unpaired) electrons. The van der Waals surface area contributed by atoms with E-state index in [0.29, 0.717) is 17.9 Å². The predicted octanol–water partition coefficient (Wildman–Crippen LogP) is 3.72. The lowest BCUT2D eigenvalue weighted by molar-refractivity contribution is 0.0685. The highest BCUT2D eigenvalue weighted by molar-refractivity contribution is 7.13. The third-order valence-electron chi connectivity index (χ3n) is 4.10. The number of aryl methyl sites for hydroxylation is 1. The normalized spacial score (nSPS) is 12.7. The van der Waals surface area contributed by atoms with Gasteiger partial charge in [0.15, 0.2) is 0 Å². The van der Waals surface area contributed by atoms with E-state index < -0.39 is 5.97 Å². The van der Waals surface area contributed by atoms with Crippen LogP contribution in [0.5, 0.6) is 0 Å². The highest BCUT2D eigenvalue weighted by Crippen LogP contribution is 2.42. The second-order valence-electron chi connectivity index (χ2n) is 5.39. The van der Waals surface area contributed by atoms with Crippen molar-refractivity contribution in [3.63, 3.8) is 0 Å². The van der Waals surface area contributed by atoms with Gasteiger partial charge in [0.25, 0.3) is 0 Å². The van der Waals surface area contributed by atoms with Crippen molar-refractivity contribution in [2.45, 2.75) is 13.0 Å². The Morgan fingerprint density at radius 3 is 2.82 bits per heavy atom. The maximum atomic E-state index is 11.6. The lowest BCUT2D eigenvalue weighted by Gasteiger charge is -2.22. The number of aromatic carboxylic acids is 1. The first-order valence-electron chi connectivity index (χ1n) is 7.04. The van der Waals surface area contributed by atoms with Gasteiger partial charge in [0.05, 0.1) is 5.69 Å². The van der Waals surface area contributed by atoms with Gasteiger partial charge in [0.2, 0.25) is 0 Å². The molecule has 2 aromatic heterocycles. The zero-order chi connectivity index (χ0) is 15.3. The quantitative estimate of drug-likeness (QED) is 0.709. The molecule has 22 heavy (non-hydrogen) atoms. The molecule has 3 aromatic rings. The number of thiophene rings is 1. The smallest absolute Gasteiger partial charge is 0.352 e. The standard InChI is InChI=1S/C17H14N2O2S/c18-11-4-3-10-5-6-19-14(17(20)21)9-13(15-2-1-7-22-15)16(19)12(10)8-11/h1-4,7-9H,5-6,18H2,(H,20,21). The zero-order valence-electron chi connectivity index (χ0n) is 11.7. The minimum Gasteiger partial charge on any atom is -0.477 e. The maximum Gasteiger partial charge on any atom is 0.352 e. The molecule has 0 atom stereocenters. The van der Waals surface area contributed by atoms with E-state index in [1.165, 1.54) is 5.56 Å². The summed E-state index contributed by atoms with van der Waals surface area (Å²) in [6.45, 7) is 0.680. The molecular formula is C17H14N2O2S. The van der Waals surface area contributed by atoms with Gasteiger partial charge < -0.3 is 15.4 Å². The number of rotatable bonds is 2. The van der Waals surface area contributed by atoms with Gasteiger partial charge in [0, 0.05) is 28.2 Å². The van der Waals surface area contributed by atoms with E-state index in [9.17, 15) is 9.90 Å². The van der Waals surface area contributed by atoms with Gasteiger partial charge in [-0.2, -0.15) is 0 Å². The van der Waals surface area contributed by atoms with Crippen LogP contribution in [-0.4, -0.2) is 15.6 Å². The van der Waals surface area contributed by atoms with Crippen LogP contribution in [0.1, 0.15) is 16.1 Å². The molecule has 0 amide bonds. The van der Waals surface area contributed by atoms with Crippen LogP contribution in [0.15, 0.2) is 41.8 Å². The van der Waals surface area contributed by atoms with E-state index in [2.05, 4.69) is 0 Å². The molecule has 1 aliphatic rings. The average Bonchev–Trinajstić information content (AvgIpc) is 3.14. The summed E-state index contributed by atoms with van der Waals surface area (Å²) in [7, 11) is 0. The number of nitrogens with two attached hydrogens (primary N) is 1. The third kappa shape index (κ3) is 1.86. The Balaban J connectivity index is 2.05. The van der Waals surface area contributed by atoms with Crippen molar-refractivity contribution < 1.29 is 9.90 Å². The number of anilines is 1. The van der Waals surface area contributed by atoms with Crippen LogP contribution in [-0.2, 0) is 13.0 Å². The third-order valence-corrected chi connectivity index (χ3v) is 5.00. The maximum absolute atomic E-state index is 11.6. The fraction of sp³-hybridized carbons (Fsp3) is 0.118. The highest BCUT2D eigenvalue weighted by Gasteiger charge is 2.26. The number of hydrogen-bond acceptors (Lipinski definition) is 3. The SMILES string of the molecule is Nc1ccc2c(c1)-c1c(-c3cccs3)cc(C(=O)O)n1CC2. The van der Waals surface area contributed by atoms with E-state index >= 15 is 0 Å². The molecule has 1 aliphatic heterocycles. The van der Waals surface area contributed by atoms with Gasteiger partial charge in [-0.1, -0.05) is 12.1 Å². The first kappa shape index (κ1) is 13.2. The number of benzene rings is 1. The first-order valence-corrected chi connectivity index (χ1v) is 7.92. The van der Waals surface area contributed by atoms with Gasteiger partial charge in [-0.25, -0.2) is 4.79 Å². The van der Waals surface area contributed by atoms with Gasteiger partial charge in [-0.15, -0.1) is 11.3 Å². The minimum absolute atomic E-state index is 0.339. The van der Waals surface area contributed by atoms with Crippen molar-refractivity contribution in [1.82, 2.24) is 4.57 Å². The Hall–Kier alpha value is -2.53. The molecule has 110 valence electrons. The summed E-state index contributed by atoms with van der Waals surface area (Å²) < 4.78 is 1.90. The molecule has 3 N–H and O–H groups in total. The molecule has 0 fully saturated rings. The largest absolute Gasteiger partial charge is 0.477 e. The van der Waals surface area contributed by atoms with E-state index in [-0.39, 0.29) is 0 Å². The number of carboxylic acid groups (broad SMARTS) is 1. The van der Waals surface area contributed by atoms with Gasteiger partial charge in [-0.3, -0.25) is 0 Å². The Bertz CT molecular complexity index is 878. The van der Waals surface area contributed by atoms with Crippen molar-refractivity contribution >= 4 is 23.0 Å². The number of hydrogen-bond donors (Lipinski definition) is 2. The molecule has 0 saturated carbocycles. The highest BCUT2D eigenvalue weighted by atomic mass is 32.1. The second-order valence-corrected chi connectivity index (χ2v) is 6.34. The van der Waals surface area contributed by atoms with Gasteiger partial charge in [0.1, 0.15) is 5.69 Å². The Kier molecular flexibility index (Phi) is 2.84. The van der Waals surface area contributed by atoms with E-state index in [4.69, 9.17) is 5.73 Å². The summed E-state index contributed by atoms with van der Waals surface area (Å²) in [5, 5.41) is 11.5. The molecular weight excluding hydrogens is 296 g/mol. The lowest BCUT2D eigenvalue weighted by atomic mass is 9.95. The summed E-state index contributed by atoms with van der Waals surface area (Å²) in [6, 6.07) is 11.7. The molecule has 4 nitrogen and oxygen atoms in total. The molecule has 0 spiro atoms. The summed E-state index contributed by atoms with van der Waals surface area (Å²) in [6.07, 6.45) is 0.821. The van der Waals surface area contributed by atoms with E-state index in [1.54, 1.807) is 17.4 Å². The summed E-state index contributed by atoms with van der Waals surface area (Å²) in [4.78, 5) is 12.7. The number of carboxylic acids is 1. The number of aromatic nitrogens is 1. The topological polar surface area (TPSA) is 68.2 Å². The van der Waals surface area contributed by atoms with E-state index in [0.717, 1.165) is 28.1 Å². The predicted molar refractivity (Wildman–Crippen MR) is 88.3 cm³/mol. The second kappa shape index (κ2) is 4.74. The Morgan fingerprint density at radius 1 is 1.23 bits per heavy atom. The molecule has 0 bridgehead atoms. The molecule has 4 rings (SSSR count). The van der Waals surface area contributed by atoms with Crippen molar-refractivity contribution in [2.75, 3.05) is 5.73 Å². The van der Waals surface area contributed by atoms with Gasteiger partial charge >= 0.3 is 5.97 Å². The van der Waals surface area contributed by atoms with Crippen LogP contribution in [0.4, 0.5) is 5.69 Å². The molecule has 0 saturated heterocycles. The average molecular weight is 310 g/mol. The van der Waals surface area contributed by atoms with Crippen molar-refractivity contribution in [1.29, 1.82) is 0 Å². The zero-order valence-corrected chi connectivity index (χ0v) is 12.6. The molecule has 0 aliphatic carbocycles. The number of carbonyl (C=O) groups is 1.